The molecule has 0 saturated heterocycles. The van der Waals surface area contributed by atoms with E-state index in [9.17, 15) is 4.79 Å². The summed E-state index contributed by atoms with van der Waals surface area (Å²) in [5.41, 5.74) is 5.25. The highest BCUT2D eigenvalue weighted by molar-refractivity contribution is 5.77. The summed E-state index contributed by atoms with van der Waals surface area (Å²) in [6.07, 6.45) is 4.94. The number of hydrogen-bond acceptors (Lipinski definition) is 1. The van der Waals surface area contributed by atoms with Crippen molar-refractivity contribution in [2.45, 2.75) is 25.7 Å². The van der Waals surface area contributed by atoms with Crippen molar-refractivity contribution in [1.29, 1.82) is 0 Å². The van der Waals surface area contributed by atoms with E-state index in [4.69, 9.17) is 5.73 Å². The molecule has 2 saturated carbocycles. The van der Waals surface area contributed by atoms with Crippen molar-refractivity contribution in [3.63, 3.8) is 0 Å². The lowest BCUT2D eigenvalue weighted by atomic mass is 9.88. The molecule has 56 valence electrons. The first-order valence-corrected chi connectivity index (χ1v) is 4.06. The molecule has 3 atom stereocenters. The van der Waals surface area contributed by atoms with Crippen LogP contribution in [0.5, 0.6) is 0 Å². The number of hydrogen-bond donors (Lipinski definition) is 1. The molecule has 0 aromatic rings. The average Bonchev–Trinajstić information content (AvgIpc) is 2.44. The van der Waals surface area contributed by atoms with Gasteiger partial charge in [-0.15, -0.1) is 0 Å². The van der Waals surface area contributed by atoms with E-state index in [1.54, 1.807) is 0 Å². The highest BCUT2D eigenvalue weighted by atomic mass is 16.1. The zero-order valence-corrected chi connectivity index (χ0v) is 6.05. The second-order valence-electron chi connectivity index (χ2n) is 3.68. The summed E-state index contributed by atoms with van der Waals surface area (Å²) in [4.78, 5) is 10.8. The standard InChI is InChI=1S/C8H13NO/c9-8(10)7-4-5-1-2-6(7)3-5/h5-7H,1-4H2,(H2,9,10)/t5-,6-,7+/m0/s1. The second-order valence-corrected chi connectivity index (χ2v) is 3.68. The van der Waals surface area contributed by atoms with Gasteiger partial charge < -0.3 is 5.73 Å². The number of carbonyl (C=O) groups excluding carboxylic acids is 1. The molecule has 0 aromatic carbocycles. The molecule has 2 fully saturated rings. The number of carbonyl (C=O) groups is 1. The van der Waals surface area contributed by atoms with Gasteiger partial charge in [-0.3, -0.25) is 4.79 Å². The van der Waals surface area contributed by atoms with Gasteiger partial charge in [-0.1, -0.05) is 6.42 Å². The Bertz CT molecular complexity index is 167. The molecular weight excluding hydrogens is 126 g/mol. The monoisotopic (exact) mass is 139 g/mol. The van der Waals surface area contributed by atoms with E-state index in [0.29, 0.717) is 5.92 Å². The number of nitrogens with two attached hydrogens (primary N) is 1. The van der Waals surface area contributed by atoms with Gasteiger partial charge >= 0.3 is 0 Å². The summed E-state index contributed by atoms with van der Waals surface area (Å²) in [5.74, 6) is 1.66. The van der Waals surface area contributed by atoms with E-state index in [2.05, 4.69) is 0 Å². The third-order valence-electron chi connectivity index (χ3n) is 3.10. The predicted molar refractivity (Wildman–Crippen MR) is 38.1 cm³/mol. The first kappa shape index (κ1) is 6.20. The lowest BCUT2D eigenvalue weighted by Gasteiger charge is -2.17. The van der Waals surface area contributed by atoms with Crippen molar-refractivity contribution < 1.29 is 4.79 Å². The molecule has 0 spiro atoms. The zero-order valence-electron chi connectivity index (χ0n) is 6.05. The molecule has 2 aliphatic carbocycles. The van der Waals surface area contributed by atoms with Crippen LogP contribution in [0.3, 0.4) is 0 Å². The molecule has 2 rings (SSSR count). The van der Waals surface area contributed by atoms with E-state index in [1.807, 2.05) is 0 Å². The van der Waals surface area contributed by atoms with Crippen molar-refractivity contribution >= 4 is 5.91 Å². The van der Waals surface area contributed by atoms with Crippen LogP contribution in [-0.4, -0.2) is 5.91 Å². The predicted octanol–water partition coefficient (Wildman–Crippen LogP) is 0.908. The number of primary amides is 1. The van der Waals surface area contributed by atoms with E-state index in [-0.39, 0.29) is 11.8 Å². The van der Waals surface area contributed by atoms with Gasteiger partial charge in [-0.05, 0) is 31.1 Å². The van der Waals surface area contributed by atoms with Crippen LogP contribution in [0, 0.1) is 17.8 Å². The van der Waals surface area contributed by atoms with E-state index >= 15 is 0 Å². The fourth-order valence-electron chi connectivity index (χ4n) is 2.59. The molecule has 2 bridgehead atoms. The summed E-state index contributed by atoms with van der Waals surface area (Å²) in [6.45, 7) is 0. The fourth-order valence-corrected chi connectivity index (χ4v) is 2.59. The van der Waals surface area contributed by atoms with Crippen LogP contribution in [0.1, 0.15) is 25.7 Å². The minimum Gasteiger partial charge on any atom is -0.369 e. The Hall–Kier alpha value is -0.530. The second kappa shape index (κ2) is 1.97. The van der Waals surface area contributed by atoms with Crippen molar-refractivity contribution in [3.8, 4) is 0 Å². The van der Waals surface area contributed by atoms with Crippen molar-refractivity contribution in [2.75, 3.05) is 0 Å². The van der Waals surface area contributed by atoms with Crippen molar-refractivity contribution in [2.24, 2.45) is 23.5 Å². The van der Waals surface area contributed by atoms with Crippen LogP contribution in [0.15, 0.2) is 0 Å². The molecule has 0 radical (unpaired) electrons. The van der Waals surface area contributed by atoms with E-state index in [1.165, 1.54) is 19.3 Å². The molecule has 2 aliphatic rings. The lowest BCUT2D eigenvalue weighted by Crippen LogP contribution is -2.27. The lowest BCUT2D eigenvalue weighted by molar-refractivity contribution is -0.123. The molecule has 1 amide bonds. The Labute approximate surface area is 60.8 Å². The Morgan fingerprint density at radius 3 is 2.40 bits per heavy atom. The largest absolute Gasteiger partial charge is 0.369 e. The molecule has 2 nitrogen and oxygen atoms in total. The first-order chi connectivity index (χ1) is 4.77. The Morgan fingerprint density at radius 1 is 1.30 bits per heavy atom. The van der Waals surface area contributed by atoms with Crippen LogP contribution < -0.4 is 5.73 Å². The van der Waals surface area contributed by atoms with Gasteiger partial charge in [-0.25, -0.2) is 0 Å². The van der Waals surface area contributed by atoms with Gasteiger partial charge in [-0.2, -0.15) is 0 Å². The van der Waals surface area contributed by atoms with Crippen molar-refractivity contribution in [3.05, 3.63) is 0 Å². The SMILES string of the molecule is NC(=O)[C@@H]1C[C@H]2CC[C@H]1C2. The van der Waals surface area contributed by atoms with Gasteiger partial charge in [0.05, 0.1) is 0 Å². The van der Waals surface area contributed by atoms with Crippen LogP contribution in [-0.2, 0) is 4.79 Å². The Balaban J connectivity index is 2.08. The van der Waals surface area contributed by atoms with Crippen LogP contribution in [0.4, 0.5) is 0 Å². The molecule has 10 heavy (non-hydrogen) atoms. The topological polar surface area (TPSA) is 43.1 Å². The summed E-state index contributed by atoms with van der Waals surface area (Å²) in [7, 11) is 0. The quantitative estimate of drug-likeness (QED) is 0.576. The third-order valence-corrected chi connectivity index (χ3v) is 3.10. The van der Waals surface area contributed by atoms with Crippen molar-refractivity contribution in [1.82, 2.24) is 0 Å². The summed E-state index contributed by atoms with van der Waals surface area (Å²) in [5, 5.41) is 0. The minimum absolute atomic E-state index is 0.0628. The zero-order chi connectivity index (χ0) is 7.14. The summed E-state index contributed by atoms with van der Waals surface area (Å²) >= 11 is 0. The van der Waals surface area contributed by atoms with Crippen LogP contribution in [0.25, 0.3) is 0 Å². The van der Waals surface area contributed by atoms with E-state index in [0.717, 1.165) is 12.3 Å². The number of amides is 1. The maximum absolute atomic E-state index is 10.8. The number of rotatable bonds is 1. The molecule has 0 aliphatic heterocycles. The van der Waals surface area contributed by atoms with Gasteiger partial charge in [0.25, 0.3) is 0 Å². The molecule has 0 unspecified atom stereocenters. The highest BCUT2D eigenvalue weighted by Gasteiger charge is 2.41. The maximum atomic E-state index is 10.8. The van der Waals surface area contributed by atoms with E-state index < -0.39 is 0 Å². The third kappa shape index (κ3) is 0.746. The highest BCUT2D eigenvalue weighted by Crippen LogP contribution is 2.47. The molecule has 0 heterocycles. The van der Waals surface area contributed by atoms with Crippen LogP contribution >= 0.6 is 0 Å². The molecule has 2 N–H and O–H groups in total. The average molecular weight is 139 g/mol. The Morgan fingerprint density at radius 2 is 2.10 bits per heavy atom. The molecule has 0 aromatic heterocycles. The molecule has 2 heteroatoms. The number of fused-ring (bicyclic) bond motifs is 2. The van der Waals surface area contributed by atoms with Gasteiger partial charge in [0.2, 0.25) is 5.91 Å². The van der Waals surface area contributed by atoms with Gasteiger partial charge in [0.15, 0.2) is 0 Å². The van der Waals surface area contributed by atoms with Gasteiger partial charge in [0.1, 0.15) is 0 Å². The molecular formula is C8H13NO. The van der Waals surface area contributed by atoms with Gasteiger partial charge in [0, 0.05) is 5.92 Å². The summed E-state index contributed by atoms with van der Waals surface area (Å²) in [6, 6.07) is 0. The van der Waals surface area contributed by atoms with Crippen LogP contribution in [0.2, 0.25) is 0 Å². The Kier molecular flexibility index (Phi) is 1.22. The maximum Gasteiger partial charge on any atom is 0.220 e. The first-order valence-electron chi connectivity index (χ1n) is 4.06. The smallest absolute Gasteiger partial charge is 0.220 e. The summed E-state index contributed by atoms with van der Waals surface area (Å²) < 4.78 is 0. The minimum atomic E-state index is -0.0628. The normalized spacial score (nSPS) is 44.2. The fraction of sp³-hybridized carbons (Fsp3) is 0.875.